The van der Waals surface area contributed by atoms with Crippen LogP contribution < -0.4 is 5.32 Å². The first kappa shape index (κ1) is 17.0. The molecule has 2 aromatic heterocycles. The lowest BCUT2D eigenvalue weighted by Gasteiger charge is -2.23. The Labute approximate surface area is 156 Å². The summed E-state index contributed by atoms with van der Waals surface area (Å²) < 4.78 is 6.70. The van der Waals surface area contributed by atoms with Gasteiger partial charge in [-0.2, -0.15) is 0 Å². The van der Waals surface area contributed by atoms with Crippen molar-refractivity contribution in [2.45, 2.75) is 38.1 Å². The van der Waals surface area contributed by atoms with Gasteiger partial charge in [0.2, 0.25) is 0 Å². The van der Waals surface area contributed by atoms with Gasteiger partial charge in [-0.1, -0.05) is 43.0 Å². The summed E-state index contributed by atoms with van der Waals surface area (Å²) in [6, 6.07) is 7.97. The number of ether oxygens (including phenoxy) is 1. The Morgan fingerprint density at radius 3 is 2.69 bits per heavy atom. The van der Waals surface area contributed by atoms with E-state index in [0.717, 1.165) is 29.9 Å². The summed E-state index contributed by atoms with van der Waals surface area (Å²) in [4.78, 5) is 16.8. The fourth-order valence-corrected chi connectivity index (χ4v) is 3.69. The standard InChI is InChI=1S/C19H21ClN4O2/c1-26-19(25)15-11-21-24-17(15)23-16(12-7-9-13(20)10-8-12)18(24)22-14-5-3-2-4-6-14/h7-11,14,21-22H,2-6H2,1H3. The predicted octanol–water partition coefficient (Wildman–Crippen LogP) is 4.51. The SMILES string of the molecule is COC(=O)c1c[nH]n2c(NC3CCCCC3)c(-c3ccc(Cl)cc3)nc12. The smallest absolute Gasteiger partial charge is 0.343 e. The van der Waals surface area contributed by atoms with Crippen LogP contribution in [0.4, 0.5) is 5.82 Å². The van der Waals surface area contributed by atoms with Gasteiger partial charge in [-0.25, -0.2) is 14.3 Å². The number of carbonyl (C=O) groups is 1. The second-order valence-electron chi connectivity index (χ2n) is 6.63. The molecule has 6 nitrogen and oxygen atoms in total. The first-order chi connectivity index (χ1) is 12.7. The number of imidazole rings is 1. The van der Waals surface area contributed by atoms with E-state index < -0.39 is 5.97 Å². The van der Waals surface area contributed by atoms with Crippen LogP contribution in [-0.2, 0) is 4.74 Å². The molecule has 1 aliphatic rings. The zero-order valence-electron chi connectivity index (χ0n) is 14.6. The van der Waals surface area contributed by atoms with Crippen LogP contribution in [0.5, 0.6) is 0 Å². The van der Waals surface area contributed by atoms with E-state index >= 15 is 0 Å². The van der Waals surface area contributed by atoms with Crippen LogP contribution in [0.3, 0.4) is 0 Å². The Hall–Kier alpha value is -2.47. The van der Waals surface area contributed by atoms with Gasteiger partial charge in [-0.15, -0.1) is 0 Å². The average Bonchev–Trinajstić information content (AvgIpc) is 3.23. The van der Waals surface area contributed by atoms with Gasteiger partial charge in [0.1, 0.15) is 11.3 Å². The lowest BCUT2D eigenvalue weighted by atomic mass is 9.95. The van der Waals surface area contributed by atoms with Gasteiger partial charge in [-0.05, 0) is 25.0 Å². The van der Waals surface area contributed by atoms with Crippen molar-refractivity contribution in [3.05, 3.63) is 41.0 Å². The van der Waals surface area contributed by atoms with E-state index in [-0.39, 0.29) is 0 Å². The molecule has 3 aromatic rings. The van der Waals surface area contributed by atoms with E-state index in [0.29, 0.717) is 22.3 Å². The van der Waals surface area contributed by atoms with Gasteiger partial charge in [-0.3, -0.25) is 5.10 Å². The fraction of sp³-hybridized carbons (Fsp3) is 0.368. The van der Waals surface area contributed by atoms with Crippen molar-refractivity contribution in [1.82, 2.24) is 14.6 Å². The Balaban J connectivity index is 1.82. The highest BCUT2D eigenvalue weighted by Gasteiger charge is 2.24. The summed E-state index contributed by atoms with van der Waals surface area (Å²) in [7, 11) is 1.37. The van der Waals surface area contributed by atoms with E-state index in [4.69, 9.17) is 21.3 Å². The van der Waals surface area contributed by atoms with Crippen LogP contribution in [0.1, 0.15) is 42.5 Å². The van der Waals surface area contributed by atoms with Crippen molar-refractivity contribution in [1.29, 1.82) is 0 Å². The zero-order chi connectivity index (χ0) is 18.1. The van der Waals surface area contributed by atoms with Crippen molar-refractivity contribution in [3.8, 4) is 11.3 Å². The van der Waals surface area contributed by atoms with E-state index in [1.165, 1.54) is 26.4 Å². The molecular weight excluding hydrogens is 352 g/mol. The van der Waals surface area contributed by atoms with Gasteiger partial charge < -0.3 is 10.1 Å². The largest absolute Gasteiger partial charge is 0.465 e. The number of esters is 1. The first-order valence-corrected chi connectivity index (χ1v) is 9.26. The van der Waals surface area contributed by atoms with Crippen LogP contribution in [0.2, 0.25) is 5.02 Å². The maximum atomic E-state index is 12.0. The molecule has 0 unspecified atom stereocenters. The number of fused-ring (bicyclic) bond motifs is 1. The third-order valence-electron chi connectivity index (χ3n) is 4.93. The number of halogens is 1. The van der Waals surface area contributed by atoms with Crippen LogP contribution in [0.25, 0.3) is 16.9 Å². The lowest BCUT2D eigenvalue weighted by Crippen LogP contribution is -2.23. The molecule has 136 valence electrons. The molecule has 0 bridgehead atoms. The number of anilines is 1. The zero-order valence-corrected chi connectivity index (χ0v) is 15.3. The highest BCUT2D eigenvalue weighted by molar-refractivity contribution is 6.30. The maximum Gasteiger partial charge on any atom is 0.343 e. The summed E-state index contributed by atoms with van der Waals surface area (Å²) in [6.45, 7) is 0. The minimum atomic E-state index is -0.409. The Kier molecular flexibility index (Phi) is 4.59. The van der Waals surface area contributed by atoms with Crippen molar-refractivity contribution in [2.24, 2.45) is 0 Å². The molecule has 1 fully saturated rings. The second-order valence-corrected chi connectivity index (χ2v) is 7.07. The summed E-state index contributed by atoms with van der Waals surface area (Å²) in [5.74, 6) is 0.456. The van der Waals surface area contributed by atoms with Crippen molar-refractivity contribution >= 4 is 29.0 Å². The van der Waals surface area contributed by atoms with Crippen molar-refractivity contribution in [2.75, 3.05) is 12.4 Å². The molecule has 0 atom stereocenters. The molecule has 0 aliphatic heterocycles. The number of H-pyrrole nitrogens is 1. The first-order valence-electron chi connectivity index (χ1n) is 8.88. The van der Waals surface area contributed by atoms with Gasteiger partial charge in [0.05, 0.1) is 7.11 Å². The number of carbonyl (C=O) groups excluding carboxylic acids is 1. The van der Waals surface area contributed by atoms with Crippen LogP contribution >= 0.6 is 11.6 Å². The third-order valence-corrected chi connectivity index (χ3v) is 5.18. The van der Waals surface area contributed by atoms with E-state index in [9.17, 15) is 4.79 Å². The summed E-state index contributed by atoms with van der Waals surface area (Å²) in [5, 5.41) is 7.44. The number of nitrogens with zero attached hydrogens (tertiary/aromatic N) is 2. The highest BCUT2D eigenvalue weighted by atomic mass is 35.5. The number of methoxy groups -OCH3 is 1. The molecule has 0 spiro atoms. The molecule has 26 heavy (non-hydrogen) atoms. The van der Waals surface area contributed by atoms with Gasteiger partial charge in [0, 0.05) is 22.8 Å². The minimum Gasteiger partial charge on any atom is -0.465 e. The summed E-state index contributed by atoms with van der Waals surface area (Å²) >= 11 is 6.03. The quantitative estimate of drug-likeness (QED) is 0.661. The topological polar surface area (TPSA) is 71.4 Å². The number of benzene rings is 1. The molecule has 4 rings (SSSR count). The normalized spacial score (nSPS) is 15.3. The third kappa shape index (κ3) is 3.05. The number of hydrogen-bond donors (Lipinski definition) is 2. The molecule has 1 aliphatic carbocycles. The van der Waals surface area contributed by atoms with Crippen molar-refractivity contribution in [3.63, 3.8) is 0 Å². The number of rotatable bonds is 4. The number of aromatic nitrogens is 3. The van der Waals surface area contributed by atoms with E-state index in [1.54, 1.807) is 6.20 Å². The minimum absolute atomic E-state index is 0.402. The Morgan fingerprint density at radius 2 is 2.00 bits per heavy atom. The lowest BCUT2D eigenvalue weighted by molar-refractivity contribution is 0.0602. The molecule has 0 amide bonds. The molecule has 0 radical (unpaired) electrons. The Morgan fingerprint density at radius 1 is 1.27 bits per heavy atom. The van der Waals surface area contributed by atoms with Gasteiger partial charge in [0.15, 0.2) is 11.5 Å². The monoisotopic (exact) mass is 372 g/mol. The highest BCUT2D eigenvalue weighted by Crippen LogP contribution is 2.32. The predicted molar refractivity (Wildman–Crippen MR) is 102 cm³/mol. The van der Waals surface area contributed by atoms with Gasteiger partial charge in [0.25, 0.3) is 0 Å². The molecule has 1 aromatic carbocycles. The van der Waals surface area contributed by atoms with Crippen LogP contribution in [0.15, 0.2) is 30.5 Å². The van der Waals surface area contributed by atoms with Gasteiger partial charge >= 0.3 is 5.97 Å². The molecule has 2 N–H and O–H groups in total. The molecule has 2 heterocycles. The molecule has 1 saturated carbocycles. The Bertz CT molecular complexity index is 923. The number of nitrogens with one attached hydrogen (secondary N) is 2. The second kappa shape index (κ2) is 7.03. The molecule has 7 heteroatoms. The average molecular weight is 373 g/mol. The summed E-state index contributed by atoms with van der Waals surface area (Å²) in [5.41, 5.74) is 2.71. The van der Waals surface area contributed by atoms with Crippen LogP contribution in [0, 0.1) is 0 Å². The summed E-state index contributed by atoms with van der Waals surface area (Å²) in [6.07, 6.45) is 7.66. The maximum absolute atomic E-state index is 12.0. The van der Waals surface area contributed by atoms with E-state index in [1.807, 2.05) is 28.8 Å². The van der Waals surface area contributed by atoms with Crippen molar-refractivity contribution < 1.29 is 9.53 Å². The fourth-order valence-electron chi connectivity index (χ4n) is 3.56. The molecule has 0 saturated heterocycles. The van der Waals surface area contributed by atoms with Crippen LogP contribution in [-0.4, -0.2) is 33.7 Å². The van der Waals surface area contributed by atoms with E-state index in [2.05, 4.69) is 10.4 Å². The number of hydrogen-bond acceptors (Lipinski definition) is 4. The number of aromatic amines is 1. The molecular formula is C19H21ClN4O2.